The van der Waals surface area contributed by atoms with Crippen molar-refractivity contribution in [1.82, 2.24) is 4.90 Å². The molecule has 0 bridgehead atoms. The first kappa shape index (κ1) is 20.1. The molecular formula is C19H14BrFN2O4S. The molecule has 0 saturated carbocycles. The van der Waals surface area contributed by atoms with Gasteiger partial charge in [-0.3, -0.25) is 19.3 Å². The molecule has 0 unspecified atom stereocenters. The van der Waals surface area contributed by atoms with Crippen LogP contribution in [0.2, 0.25) is 0 Å². The van der Waals surface area contributed by atoms with Gasteiger partial charge in [-0.2, -0.15) is 0 Å². The number of hydrogen-bond donors (Lipinski definition) is 1. The fourth-order valence-corrected chi connectivity index (χ4v) is 3.85. The van der Waals surface area contributed by atoms with Crippen LogP contribution in [0.25, 0.3) is 6.08 Å². The summed E-state index contributed by atoms with van der Waals surface area (Å²) in [5.74, 6) is -1.21. The summed E-state index contributed by atoms with van der Waals surface area (Å²) in [7, 11) is 1.54. The summed E-state index contributed by atoms with van der Waals surface area (Å²) in [6.45, 7) is -0.497. The number of para-hydroxylation sites is 1. The highest BCUT2D eigenvalue weighted by Crippen LogP contribution is 2.33. The minimum atomic E-state index is -0.666. The molecule has 1 fully saturated rings. The largest absolute Gasteiger partial charge is 0.496 e. The number of anilines is 1. The smallest absolute Gasteiger partial charge is 0.294 e. The third kappa shape index (κ3) is 4.42. The van der Waals surface area contributed by atoms with E-state index >= 15 is 0 Å². The van der Waals surface area contributed by atoms with E-state index in [1.54, 1.807) is 30.3 Å². The molecule has 2 aromatic rings. The molecule has 0 aliphatic carbocycles. The lowest BCUT2D eigenvalue weighted by atomic mass is 10.2. The van der Waals surface area contributed by atoms with E-state index in [4.69, 9.17) is 4.74 Å². The minimum absolute atomic E-state index is 0.0157. The molecular weight excluding hydrogens is 451 g/mol. The van der Waals surface area contributed by atoms with Gasteiger partial charge in [-0.05, 0) is 63.6 Å². The summed E-state index contributed by atoms with van der Waals surface area (Å²) in [5, 5.41) is 1.79. The molecule has 0 aromatic heterocycles. The Morgan fingerprint density at radius 3 is 2.71 bits per heavy atom. The molecule has 1 heterocycles. The van der Waals surface area contributed by atoms with Crippen LogP contribution in [0.5, 0.6) is 5.75 Å². The van der Waals surface area contributed by atoms with Gasteiger partial charge in [-0.15, -0.1) is 0 Å². The molecule has 0 spiro atoms. The Kier molecular flexibility index (Phi) is 6.15. The number of hydrogen-bond acceptors (Lipinski definition) is 5. The predicted octanol–water partition coefficient (Wildman–Crippen LogP) is 4.27. The average molecular weight is 465 g/mol. The number of amides is 3. The molecule has 2 aromatic carbocycles. The molecule has 1 aliphatic rings. The molecule has 6 nitrogen and oxygen atoms in total. The Morgan fingerprint density at radius 2 is 2.04 bits per heavy atom. The van der Waals surface area contributed by atoms with Gasteiger partial charge in [0, 0.05) is 0 Å². The van der Waals surface area contributed by atoms with Gasteiger partial charge >= 0.3 is 0 Å². The quantitative estimate of drug-likeness (QED) is 0.668. The number of nitrogens with zero attached hydrogens (tertiary/aromatic N) is 1. The van der Waals surface area contributed by atoms with E-state index in [9.17, 15) is 18.8 Å². The zero-order valence-electron chi connectivity index (χ0n) is 14.6. The lowest BCUT2D eigenvalue weighted by Crippen LogP contribution is -2.36. The Hall–Kier alpha value is -2.65. The number of carbonyl (C=O) groups is 3. The lowest BCUT2D eigenvalue weighted by molar-refractivity contribution is -0.127. The normalized spacial score (nSPS) is 15.2. The number of imide groups is 1. The maximum Gasteiger partial charge on any atom is 0.294 e. The first-order chi connectivity index (χ1) is 13.4. The maximum absolute atomic E-state index is 13.6. The number of rotatable bonds is 5. The molecule has 1 saturated heterocycles. The van der Waals surface area contributed by atoms with Crippen molar-refractivity contribution in [2.75, 3.05) is 19.0 Å². The van der Waals surface area contributed by atoms with Gasteiger partial charge in [0.15, 0.2) is 0 Å². The zero-order chi connectivity index (χ0) is 20.3. The first-order valence-electron chi connectivity index (χ1n) is 8.02. The van der Waals surface area contributed by atoms with Crippen LogP contribution in [-0.2, 0) is 9.59 Å². The van der Waals surface area contributed by atoms with E-state index in [-0.39, 0.29) is 10.6 Å². The van der Waals surface area contributed by atoms with Crippen LogP contribution in [0.3, 0.4) is 0 Å². The highest BCUT2D eigenvalue weighted by molar-refractivity contribution is 9.10. The second-order valence-corrected chi connectivity index (χ2v) is 7.54. The van der Waals surface area contributed by atoms with Crippen LogP contribution in [0, 0.1) is 5.82 Å². The van der Waals surface area contributed by atoms with Crippen LogP contribution < -0.4 is 10.1 Å². The Bertz CT molecular complexity index is 996. The number of thioether (sulfide) groups is 1. The van der Waals surface area contributed by atoms with Gasteiger partial charge in [-0.1, -0.05) is 18.2 Å². The van der Waals surface area contributed by atoms with Gasteiger partial charge < -0.3 is 10.1 Å². The SMILES string of the molecule is COc1ccc(C=C2SC(=O)N(CC(=O)Nc3ccccc3F)C2=O)cc1Br. The van der Waals surface area contributed by atoms with Gasteiger partial charge in [0.05, 0.1) is 22.2 Å². The van der Waals surface area contributed by atoms with Crippen molar-refractivity contribution >= 4 is 56.5 Å². The summed E-state index contributed by atoms with van der Waals surface area (Å²) in [5.41, 5.74) is 0.673. The summed E-state index contributed by atoms with van der Waals surface area (Å²) in [4.78, 5) is 37.8. The van der Waals surface area contributed by atoms with Crippen molar-refractivity contribution in [3.8, 4) is 5.75 Å². The lowest BCUT2D eigenvalue weighted by Gasteiger charge is -2.12. The fraction of sp³-hybridized carbons (Fsp3) is 0.105. The molecule has 0 radical (unpaired) electrons. The summed E-state index contributed by atoms with van der Waals surface area (Å²) in [6.07, 6.45) is 1.56. The average Bonchev–Trinajstić information content (AvgIpc) is 2.91. The summed E-state index contributed by atoms with van der Waals surface area (Å²) >= 11 is 4.10. The Morgan fingerprint density at radius 1 is 1.29 bits per heavy atom. The third-order valence-corrected chi connectivity index (χ3v) is 5.32. The second kappa shape index (κ2) is 8.57. The van der Waals surface area contributed by atoms with E-state index in [2.05, 4.69) is 21.2 Å². The zero-order valence-corrected chi connectivity index (χ0v) is 17.0. The van der Waals surface area contributed by atoms with Gasteiger partial charge in [0.25, 0.3) is 11.1 Å². The monoisotopic (exact) mass is 464 g/mol. The maximum atomic E-state index is 13.6. The van der Waals surface area contributed by atoms with Crippen LogP contribution in [0.1, 0.15) is 5.56 Å². The van der Waals surface area contributed by atoms with Gasteiger partial charge in [0.2, 0.25) is 5.91 Å². The fourth-order valence-electron chi connectivity index (χ4n) is 2.46. The number of methoxy groups -OCH3 is 1. The van der Waals surface area contributed by atoms with Crippen molar-refractivity contribution in [2.45, 2.75) is 0 Å². The molecule has 28 heavy (non-hydrogen) atoms. The number of ether oxygens (including phenoxy) is 1. The number of nitrogens with one attached hydrogen (secondary N) is 1. The van der Waals surface area contributed by atoms with E-state index in [0.29, 0.717) is 15.8 Å². The molecule has 1 aliphatic heterocycles. The molecule has 3 rings (SSSR count). The summed E-state index contributed by atoms with van der Waals surface area (Å²) in [6, 6.07) is 10.9. The topological polar surface area (TPSA) is 75.7 Å². The molecule has 144 valence electrons. The Balaban J connectivity index is 1.72. The first-order valence-corrected chi connectivity index (χ1v) is 9.63. The van der Waals surface area contributed by atoms with Crippen molar-refractivity contribution in [2.24, 2.45) is 0 Å². The molecule has 3 amide bonds. The predicted molar refractivity (Wildman–Crippen MR) is 108 cm³/mol. The highest BCUT2D eigenvalue weighted by atomic mass is 79.9. The molecule has 0 atom stereocenters. The van der Waals surface area contributed by atoms with Crippen LogP contribution in [0.4, 0.5) is 14.9 Å². The number of carbonyl (C=O) groups excluding carboxylic acids is 3. The van der Waals surface area contributed by atoms with E-state index < -0.39 is 29.4 Å². The van der Waals surface area contributed by atoms with Gasteiger partial charge in [0.1, 0.15) is 18.1 Å². The van der Waals surface area contributed by atoms with Crippen molar-refractivity contribution in [3.63, 3.8) is 0 Å². The standard InChI is InChI=1S/C19H14BrFN2O4S/c1-27-15-7-6-11(8-12(15)20)9-16-18(25)23(19(26)28-16)10-17(24)22-14-5-3-2-4-13(14)21/h2-9H,10H2,1H3,(H,22,24). The minimum Gasteiger partial charge on any atom is -0.496 e. The van der Waals surface area contributed by atoms with Crippen molar-refractivity contribution in [3.05, 3.63) is 63.2 Å². The van der Waals surface area contributed by atoms with E-state index in [1.807, 2.05) is 0 Å². The summed E-state index contributed by atoms with van der Waals surface area (Å²) < 4.78 is 19.5. The number of halogens is 2. The molecule has 1 N–H and O–H groups in total. The van der Waals surface area contributed by atoms with Gasteiger partial charge in [-0.25, -0.2) is 4.39 Å². The second-order valence-electron chi connectivity index (χ2n) is 5.69. The van der Waals surface area contributed by atoms with E-state index in [0.717, 1.165) is 16.7 Å². The van der Waals surface area contributed by atoms with Crippen molar-refractivity contribution in [1.29, 1.82) is 0 Å². The third-order valence-electron chi connectivity index (χ3n) is 3.80. The Labute approximate surface area is 172 Å². The van der Waals surface area contributed by atoms with Crippen LogP contribution in [-0.4, -0.2) is 35.6 Å². The molecule has 9 heteroatoms. The van der Waals surface area contributed by atoms with E-state index in [1.165, 1.54) is 25.3 Å². The highest BCUT2D eigenvalue weighted by Gasteiger charge is 2.36. The van der Waals surface area contributed by atoms with Crippen LogP contribution in [0.15, 0.2) is 51.8 Å². The van der Waals surface area contributed by atoms with Crippen molar-refractivity contribution < 1.29 is 23.5 Å². The number of benzene rings is 2. The van der Waals surface area contributed by atoms with Crippen LogP contribution >= 0.6 is 27.7 Å².